The summed E-state index contributed by atoms with van der Waals surface area (Å²) in [5.74, 6) is 3.41. The largest absolute Gasteiger partial charge is 0.0850 e. The highest BCUT2D eigenvalue weighted by Gasteiger charge is 2.50. The molecule has 0 nitrogen and oxygen atoms in total. The van der Waals surface area contributed by atoms with Gasteiger partial charge in [-0.2, -0.15) is 0 Å². The van der Waals surface area contributed by atoms with Crippen molar-refractivity contribution in [2.45, 2.75) is 25.7 Å². The van der Waals surface area contributed by atoms with Crippen LogP contribution in [0.1, 0.15) is 25.7 Å². The normalized spacial score (nSPS) is 52.4. The monoisotopic (exact) mass is 120 g/mol. The van der Waals surface area contributed by atoms with Crippen molar-refractivity contribution in [3.8, 4) is 0 Å². The van der Waals surface area contributed by atoms with Crippen LogP contribution >= 0.6 is 0 Å². The van der Waals surface area contributed by atoms with Gasteiger partial charge in [-0.15, -0.1) is 0 Å². The summed E-state index contributed by atoms with van der Waals surface area (Å²) in [6.45, 7) is 0. The topological polar surface area (TPSA) is 0 Å². The van der Waals surface area contributed by atoms with Gasteiger partial charge in [0.2, 0.25) is 0 Å². The number of rotatable bonds is 0. The van der Waals surface area contributed by atoms with Gasteiger partial charge in [-0.25, -0.2) is 0 Å². The highest BCUT2D eigenvalue weighted by atomic mass is 14.6. The zero-order valence-electron chi connectivity index (χ0n) is 5.64. The van der Waals surface area contributed by atoms with Crippen molar-refractivity contribution in [2.24, 2.45) is 17.8 Å². The van der Waals surface area contributed by atoms with E-state index in [9.17, 15) is 0 Å². The summed E-state index contributed by atoms with van der Waals surface area (Å²) in [6.07, 6.45) is 8.44. The zero-order valence-corrected chi connectivity index (χ0v) is 5.64. The maximum Gasteiger partial charge on any atom is -0.0143 e. The molecule has 0 aromatic rings. The first-order valence-electron chi connectivity index (χ1n) is 4.14. The van der Waals surface area contributed by atoms with Crippen molar-refractivity contribution in [3.63, 3.8) is 0 Å². The predicted octanol–water partition coefficient (Wildman–Crippen LogP) is 2.36. The number of hydrogen-bond acceptors (Lipinski definition) is 0. The first-order valence-corrected chi connectivity index (χ1v) is 4.14. The van der Waals surface area contributed by atoms with Crippen LogP contribution in [0.25, 0.3) is 0 Å². The minimum Gasteiger partial charge on any atom is -0.0850 e. The van der Waals surface area contributed by atoms with Crippen LogP contribution in [0, 0.1) is 17.8 Å². The summed E-state index contributed by atoms with van der Waals surface area (Å²) < 4.78 is 0. The Bertz CT molecular complexity index is 178. The summed E-state index contributed by atoms with van der Waals surface area (Å²) in [5.41, 5.74) is 1.82. The number of allylic oxidation sites excluding steroid dienone is 2. The molecule has 0 N–H and O–H groups in total. The molecule has 3 unspecified atom stereocenters. The van der Waals surface area contributed by atoms with Crippen molar-refractivity contribution in [1.82, 2.24) is 0 Å². The van der Waals surface area contributed by atoms with E-state index in [-0.39, 0.29) is 0 Å². The van der Waals surface area contributed by atoms with E-state index in [1.807, 2.05) is 5.57 Å². The Balaban J connectivity index is 1.99. The lowest BCUT2D eigenvalue weighted by molar-refractivity contribution is 0.0236. The third kappa shape index (κ3) is 0.385. The molecular formula is C9H12. The Morgan fingerprint density at radius 2 is 2.33 bits per heavy atom. The van der Waals surface area contributed by atoms with Gasteiger partial charge in [-0.1, -0.05) is 11.6 Å². The van der Waals surface area contributed by atoms with E-state index in [1.54, 1.807) is 6.42 Å². The van der Waals surface area contributed by atoms with Gasteiger partial charge in [0.25, 0.3) is 0 Å². The maximum absolute atomic E-state index is 2.50. The SMILES string of the molecule is C1=C2CC3CC(CC1)C23. The second-order valence-electron chi connectivity index (χ2n) is 3.84. The summed E-state index contributed by atoms with van der Waals surface area (Å²) in [7, 11) is 0. The quantitative estimate of drug-likeness (QED) is 0.430. The molecule has 3 atom stereocenters. The molecule has 2 saturated carbocycles. The molecular weight excluding hydrogens is 108 g/mol. The Morgan fingerprint density at radius 3 is 3.00 bits per heavy atom. The molecule has 0 saturated heterocycles. The zero-order chi connectivity index (χ0) is 5.84. The summed E-state index contributed by atoms with van der Waals surface area (Å²) in [5, 5.41) is 0. The Labute approximate surface area is 56.0 Å². The van der Waals surface area contributed by atoms with Gasteiger partial charge >= 0.3 is 0 Å². The minimum absolute atomic E-state index is 1.11. The fourth-order valence-electron chi connectivity index (χ4n) is 2.96. The third-order valence-corrected chi connectivity index (χ3v) is 3.49. The summed E-state index contributed by atoms with van der Waals surface area (Å²) in [4.78, 5) is 0. The first-order chi connectivity index (χ1) is 4.45. The molecule has 0 heterocycles. The Morgan fingerprint density at radius 1 is 1.33 bits per heavy atom. The fraction of sp³-hybridized carbons (Fsp3) is 0.778. The molecule has 0 heteroatoms. The fourth-order valence-corrected chi connectivity index (χ4v) is 2.96. The average Bonchev–Trinajstić information content (AvgIpc) is 1.73. The van der Waals surface area contributed by atoms with Gasteiger partial charge in [0.15, 0.2) is 0 Å². The van der Waals surface area contributed by atoms with Gasteiger partial charge in [0.1, 0.15) is 0 Å². The molecule has 9 heavy (non-hydrogen) atoms. The van der Waals surface area contributed by atoms with Crippen LogP contribution in [-0.4, -0.2) is 0 Å². The molecule has 0 aromatic carbocycles. The molecule has 2 fully saturated rings. The lowest BCUT2D eigenvalue weighted by atomic mass is 9.48. The molecule has 0 aliphatic heterocycles. The molecule has 0 spiro atoms. The lowest BCUT2D eigenvalue weighted by Crippen LogP contribution is -2.47. The van der Waals surface area contributed by atoms with E-state index in [0.717, 1.165) is 17.8 Å². The van der Waals surface area contributed by atoms with E-state index < -0.39 is 0 Å². The van der Waals surface area contributed by atoms with Gasteiger partial charge < -0.3 is 0 Å². The van der Waals surface area contributed by atoms with Crippen LogP contribution in [-0.2, 0) is 0 Å². The van der Waals surface area contributed by atoms with Crippen LogP contribution < -0.4 is 0 Å². The van der Waals surface area contributed by atoms with E-state index in [4.69, 9.17) is 0 Å². The smallest absolute Gasteiger partial charge is 0.0143 e. The second kappa shape index (κ2) is 1.25. The Hall–Kier alpha value is -0.260. The van der Waals surface area contributed by atoms with Crippen LogP contribution in [0.3, 0.4) is 0 Å². The van der Waals surface area contributed by atoms with Crippen LogP contribution in [0.2, 0.25) is 0 Å². The highest BCUT2D eigenvalue weighted by Crippen LogP contribution is 2.61. The molecule has 0 amide bonds. The number of hydrogen-bond donors (Lipinski definition) is 0. The molecule has 3 aliphatic carbocycles. The molecule has 0 bridgehead atoms. The van der Waals surface area contributed by atoms with Crippen LogP contribution in [0.15, 0.2) is 11.6 Å². The van der Waals surface area contributed by atoms with Gasteiger partial charge in [-0.3, -0.25) is 0 Å². The van der Waals surface area contributed by atoms with Gasteiger partial charge in [-0.05, 0) is 43.4 Å². The van der Waals surface area contributed by atoms with E-state index in [0.29, 0.717) is 0 Å². The predicted molar refractivity (Wildman–Crippen MR) is 37.0 cm³/mol. The Kier molecular flexibility index (Phi) is 0.633. The van der Waals surface area contributed by atoms with E-state index >= 15 is 0 Å². The standard InChI is InChI=1S/C9H12/c1-2-6-4-8-5-7(3-1)9(6)8/h2,7-9H,1,3-5H2. The van der Waals surface area contributed by atoms with Crippen LogP contribution in [0.5, 0.6) is 0 Å². The van der Waals surface area contributed by atoms with Crippen molar-refractivity contribution in [2.75, 3.05) is 0 Å². The van der Waals surface area contributed by atoms with Gasteiger partial charge in [0.05, 0.1) is 0 Å². The van der Waals surface area contributed by atoms with Crippen molar-refractivity contribution in [1.29, 1.82) is 0 Å². The van der Waals surface area contributed by atoms with E-state index in [1.165, 1.54) is 19.3 Å². The molecule has 3 rings (SSSR count). The molecule has 0 radical (unpaired) electrons. The first kappa shape index (κ1) is 4.54. The molecule has 3 aliphatic rings. The van der Waals surface area contributed by atoms with Crippen LogP contribution in [0.4, 0.5) is 0 Å². The second-order valence-corrected chi connectivity index (χ2v) is 3.84. The van der Waals surface area contributed by atoms with Crippen molar-refractivity contribution >= 4 is 0 Å². The highest BCUT2D eigenvalue weighted by molar-refractivity contribution is 5.27. The maximum atomic E-state index is 2.50. The lowest BCUT2D eigenvalue weighted by Gasteiger charge is -2.57. The van der Waals surface area contributed by atoms with Crippen molar-refractivity contribution in [3.05, 3.63) is 11.6 Å². The van der Waals surface area contributed by atoms with E-state index in [2.05, 4.69) is 6.08 Å². The minimum atomic E-state index is 1.11. The molecule has 48 valence electrons. The summed E-state index contributed by atoms with van der Waals surface area (Å²) >= 11 is 0. The molecule has 0 aromatic heterocycles. The average molecular weight is 120 g/mol. The third-order valence-electron chi connectivity index (χ3n) is 3.49. The van der Waals surface area contributed by atoms with Gasteiger partial charge in [0, 0.05) is 0 Å². The van der Waals surface area contributed by atoms with Crippen molar-refractivity contribution < 1.29 is 0 Å². The summed E-state index contributed by atoms with van der Waals surface area (Å²) in [6, 6.07) is 0.